The lowest BCUT2D eigenvalue weighted by Crippen LogP contribution is -1.91. The summed E-state index contributed by atoms with van der Waals surface area (Å²) in [5.74, 6) is 0. The summed E-state index contributed by atoms with van der Waals surface area (Å²) < 4.78 is 0. The summed E-state index contributed by atoms with van der Waals surface area (Å²) in [6.45, 7) is 0. The lowest BCUT2D eigenvalue weighted by atomic mass is 10.1. The van der Waals surface area contributed by atoms with E-state index in [1.54, 1.807) is 0 Å². The fraction of sp³-hybridized carbons (Fsp3) is 0. The van der Waals surface area contributed by atoms with Crippen LogP contribution in [-0.2, 0) is 0 Å². The highest BCUT2D eigenvalue weighted by Crippen LogP contribution is 2.22. The van der Waals surface area contributed by atoms with Gasteiger partial charge in [0.15, 0.2) is 0 Å². The third-order valence-corrected chi connectivity index (χ3v) is 2.95. The van der Waals surface area contributed by atoms with Gasteiger partial charge in [-0.15, -0.1) is 0 Å². The third kappa shape index (κ3) is 2.13. The molecule has 0 atom stereocenters. The third-order valence-electron chi connectivity index (χ3n) is 2.95. The number of hydrogen-bond donors (Lipinski definition) is 2. The number of anilines is 3. The van der Waals surface area contributed by atoms with Gasteiger partial charge in [-0.2, -0.15) is 0 Å². The van der Waals surface area contributed by atoms with Gasteiger partial charge in [-0.25, -0.2) is 0 Å². The summed E-state index contributed by atoms with van der Waals surface area (Å²) in [6, 6.07) is 22.4. The molecule has 0 amide bonds. The topological polar surface area (TPSA) is 38.0 Å². The second-order valence-electron chi connectivity index (χ2n) is 4.31. The first kappa shape index (κ1) is 10.7. The molecule has 0 aliphatic rings. The number of rotatable bonds is 2. The number of fused-ring (bicyclic) bond motifs is 1. The van der Waals surface area contributed by atoms with E-state index in [-0.39, 0.29) is 0 Å². The Morgan fingerprint density at radius 2 is 1.33 bits per heavy atom. The molecule has 2 nitrogen and oxygen atoms in total. The van der Waals surface area contributed by atoms with Gasteiger partial charge in [0.25, 0.3) is 0 Å². The first-order valence-electron chi connectivity index (χ1n) is 5.93. The van der Waals surface area contributed by atoms with Gasteiger partial charge in [0, 0.05) is 17.1 Å². The van der Waals surface area contributed by atoms with E-state index in [4.69, 9.17) is 5.73 Å². The van der Waals surface area contributed by atoms with Crippen LogP contribution >= 0.6 is 0 Å². The molecule has 0 spiro atoms. The van der Waals surface area contributed by atoms with E-state index >= 15 is 0 Å². The zero-order valence-electron chi connectivity index (χ0n) is 9.93. The van der Waals surface area contributed by atoms with Gasteiger partial charge in [0.1, 0.15) is 0 Å². The first-order chi connectivity index (χ1) is 8.81. The Bertz CT molecular complexity index is 672. The van der Waals surface area contributed by atoms with Crippen LogP contribution in [0.4, 0.5) is 17.1 Å². The molecule has 0 unspecified atom stereocenters. The van der Waals surface area contributed by atoms with Crippen LogP contribution < -0.4 is 11.1 Å². The molecule has 88 valence electrons. The van der Waals surface area contributed by atoms with Crippen molar-refractivity contribution in [2.45, 2.75) is 0 Å². The minimum atomic E-state index is 0.777. The van der Waals surface area contributed by atoms with Crippen LogP contribution in [0.25, 0.3) is 10.8 Å². The van der Waals surface area contributed by atoms with Crippen molar-refractivity contribution in [2.75, 3.05) is 11.1 Å². The van der Waals surface area contributed by atoms with E-state index < -0.39 is 0 Å². The Kier molecular flexibility index (Phi) is 2.61. The molecule has 0 saturated carbocycles. The summed E-state index contributed by atoms with van der Waals surface area (Å²) >= 11 is 0. The Hall–Kier alpha value is -2.48. The summed E-state index contributed by atoms with van der Waals surface area (Å²) in [5.41, 5.74) is 8.57. The van der Waals surface area contributed by atoms with Gasteiger partial charge in [0.05, 0.1) is 0 Å². The maximum atomic E-state index is 5.67. The van der Waals surface area contributed by atoms with Crippen LogP contribution in [0.3, 0.4) is 0 Å². The van der Waals surface area contributed by atoms with E-state index in [0.717, 1.165) is 17.1 Å². The van der Waals surface area contributed by atoms with Crippen LogP contribution in [0.1, 0.15) is 0 Å². The van der Waals surface area contributed by atoms with Crippen molar-refractivity contribution in [3.8, 4) is 0 Å². The van der Waals surface area contributed by atoms with Crippen LogP contribution in [0.2, 0.25) is 0 Å². The van der Waals surface area contributed by atoms with Crippen LogP contribution in [0.5, 0.6) is 0 Å². The predicted molar refractivity (Wildman–Crippen MR) is 78.1 cm³/mol. The van der Waals surface area contributed by atoms with Crippen molar-refractivity contribution in [2.24, 2.45) is 0 Å². The number of nitrogens with one attached hydrogen (secondary N) is 1. The average molecular weight is 234 g/mol. The minimum absolute atomic E-state index is 0.777. The second kappa shape index (κ2) is 4.41. The highest BCUT2D eigenvalue weighted by atomic mass is 14.9. The molecule has 3 aromatic rings. The van der Waals surface area contributed by atoms with Crippen molar-refractivity contribution in [1.29, 1.82) is 0 Å². The number of nitrogen functional groups attached to an aromatic ring is 1. The molecule has 3 aromatic carbocycles. The van der Waals surface area contributed by atoms with E-state index in [1.165, 1.54) is 10.8 Å². The fourth-order valence-electron chi connectivity index (χ4n) is 2.00. The lowest BCUT2D eigenvalue weighted by Gasteiger charge is -2.08. The summed E-state index contributed by atoms with van der Waals surface area (Å²) in [5, 5.41) is 5.85. The number of hydrogen-bond acceptors (Lipinski definition) is 2. The fourth-order valence-corrected chi connectivity index (χ4v) is 2.00. The van der Waals surface area contributed by atoms with Crippen LogP contribution in [0, 0.1) is 0 Å². The maximum Gasteiger partial charge on any atom is 0.0390 e. The standard InChI is InChI=1S/C16H14N2/c17-14-6-9-15(10-7-14)18-16-8-5-12-3-1-2-4-13(12)11-16/h1-11,18H,17H2. The Balaban J connectivity index is 1.92. The lowest BCUT2D eigenvalue weighted by molar-refractivity contribution is 1.56. The maximum absolute atomic E-state index is 5.67. The first-order valence-corrected chi connectivity index (χ1v) is 5.93. The SMILES string of the molecule is Nc1ccc(Nc2ccc3ccccc3c2)cc1. The average Bonchev–Trinajstić information content (AvgIpc) is 2.41. The quantitative estimate of drug-likeness (QED) is 0.653. The molecule has 3 N–H and O–H groups in total. The molecule has 18 heavy (non-hydrogen) atoms. The number of nitrogens with two attached hydrogens (primary N) is 1. The molecular weight excluding hydrogens is 220 g/mol. The van der Waals surface area contributed by atoms with E-state index in [0.29, 0.717) is 0 Å². The molecule has 0 aromatic heterocycles. The van der Waals surface area contributed by atoms with Crippen molar-refractivity contribution in [1.82, 2.24) is 0 Å². The van der Waals surface area contributed by atoms with Gasteiger partial charge in [0.2, 0.25) is 0 Å². The molecule has 0 saturated heterocycles. The largest absolute Gasteiger partial charge is 0.399 e. The van der Waals surface area contributed by atoms with Crippen molar-refractivity contribution in [3.63, 3.8) is 0 Å². The summed E-state index contributed by atoms with van der Waals surface area (Å²) in [7, 11) is 0. The zero-order valence-corrected chi connectivity index (χ0v) is 9.93. The normalized spacial score (nSPS) is 10.4. The van der Waals surface area contributed by atoms with E-state index in [2.05, 4.69) is 47.8 Å². The van der Waals surface area contributed by atoms with Crippen LogP contribution in [-0.4, -0.2) is 0 Å². The molecule has 0 aliphatic carbocycles. The molecule has 0 heterocycles. The van der Waals surface area contributed by atoms with Crippen molar-refractivity contribution in [3.05, 3.63) is 66.7 Å². The minimum Gasteiger partial charge on any atom is -0.399 e. The molecule has 0 radical (unpaired) electrons. The highest BCUT2D eigenvalue weighted by Gasteiger charge is 1.97. The predicted octanol–water partition coefficient (Wildman–Crippen LogP) is 4.17. The smallest absolute Gasteiger partial charge is 0.0390 e. The Morgan fingerprint density at radius 3 is 2.11 bits per heavy atom. The second-order valence-corrected chi connectivity index (χ2v) is 4.31. The molecule has 3 rings (SSSR count). The van der Waals surface area contributed by atoms with E-state index in [1.807, 2.05) is 24.3 Å². The van der Waals surface area contributed by atoms with Gasteiger partial charge >= 0.3 is 0 Å². The van der Waals surface area contributed by atoms with Gasteiger partial charge < -0.3 is 11.1 Å². The molecular formula is C16H14N2. The van der Waals surface area contributed by atoms with Crippen molar-refractivity contribution < 1.29 is 0 Å². The summed E-state index contributed by atoms with van der Waals surface area (Å²) in [6.07, 6.45) is 0. The Morgan fingerprint density at radius 1 is 0.667 bits per heavy atom. The molecule has 0 bridgehead atoms. The molecule has 2 heteroatoms. The molecule has 0 aliphatic heterocycles. The van der Waals surface area contributed by atoms with Gasteiger partial charge in [-0.1, -0.05) is 30.3 Å². The molecule has 0 fully saturated rings. The monoisotopic (exact) mass is 234 g/mol. The van der Waals surface area contributed by atoms with Crippen molar-refractivity contribution >= 4 is 27.8 Å². The zero-order chi connectivity index (χ0) is 12.4. The van der Waals surface area contributed by atoms with E-state index in [9.17, 15) is 0 Å². The summed E-state index contributed by atoms with van der Waals surface area (Å²) in [4.78, 5) is 0. The van der Waals surface area contributed by atoms with Gasteiger partial charge in [-0.05, 0) is 47.2 Å². The van der Waals surface area contributed by atoms with Crippen LogP contribution in [0.15, 0.2) is 66.7 Å². The van der Waals surface area contributed by atoms with Gasteiger partial charge in [-0.3, -0.25) is 0 Å². The Labute approximate surface area is 106 Å². The number of benzene rings is 3. The highest BCUT2D eigenvalue weighted by molar-refractivity contribution is 5.86.